The van der Waals surface area contributed by atoms with Crippen LogP contribution in [0.1, 0.15) is 29.6 Å². The lowest BCUT2D eigenvalue weighted by Gasteiger charge is -2.39. The van der Waals surface area contributed by atoms with Crippen LogP contribution in [0.3, 0.4) is 0 Å². The van der Waals surface area contributed by atoms with Gasteiger partial charge >= 0.3 is 6.01 Å². The molecule has 2 aliphatic rings. The average molecular weight is 340 g/mol. The van der Waals surface area contributed by atoms with Crippen LogP contribution in [0.2, 0.25) is 0 Å². The molecule has 0 unspecified atom stereocenters. The van der Waals surface area contributed by atoms with E-state index in [2.05, 4.69) is 15.0 Å². The lowest BCUT2D eigenvalue weighted by Crippen LogP contribution is -2.50. The number of hydrogen-bond donors (Lipinski definition) is 0. The predicted molar refractivity (Wildman–Crippen MR) is 89.1 cm³/mol. The number of carbonyl (C=O) groups is 1. The fourth-order valence-corrected chi connectivity index (χ4v) is 3.61. The van der Waals surface area contributed by atoms with Gasteiger partial charge in [-0.3, -0.25) is 9.78 Å². The summed E-state index contributed by atoms with van der Waals surface area (Å²) in [5, 5.41) is 0. The van der Waals surface area contributed by atoms with E-state index >= 15 is 0 Å². The summed E-state index contributed by atoms with van der Waals surface area (Å²) in [4.78, 5) is 26.7. The Morgan fingerprint density at radius 3 is 2.84 bits per heavy atom. The smallest absolute Gasteiger partial charge is 0.316 e. The average Bonchev–Trinajstić information content (AvgIpc) is 3.04. The van der Waals surface area contributed by atoms with Crippen LogP contribution in [0.5, 0.6) is 6.01 Å². The molecule has 2 aromatic heterocycles. The van der Waals surface area contributed by atoms with Crippen molar-refractivity contribution in [2.24, 2.45) is 0 Å². The lowest BCUT2D eigenvalue weighted by atomic mass is 9.89. The SMILES string of the molecule is O=C(c1ccncc1)N1CCC[C@@]2(C[C@@H](Oc3ncccn3)CO2)C1. The normalized spacial score (nSPS) is 25.9. The molecule has 2 saturated heterocycles. The Morgan fingerprint density at radius 2 is 2.04 bits per heavy atom. The van der Waals surface area contributed by atoms with Crippen LogP contribution in [-0.4, -0.2) is 57.2 Å². The first-order valence-electron chi connectivity index (χ1n) is 8.51. The number of aromatic nitrogens is 3. The fraction of sp³-hybridized carbons (Fsp3) is 0.444. The monoisotopic (exact) mass is 340 g/mol. The third kappa shape index (κ3) is 3.46. The minimum absolute atomic E-state index is 0.0286. The van der Waals surface area contributed by atoms with Gasteiger partial charge in [-0.1, -0.05) is 0 Å². The first kappa shape index (κ1) is 16.0. The standard InChI is InChI=1S/C18H20N4O3/c23-16(14-3-8-19-9-4-14)22-10-1-5-18(13-22)11-15(12-24-18)25-17-20-6-2-7-21-17/h2-4,6-9,15H,1,5,10-13H2/t15-,18-/m1/s1. The molecule has 0 bridgehead atoms. The van der Waals surface area contributed by atoms with E-state index in [9.17, 15) is 4.79 Å². The summed E-state index contributed by atoms with van der Waals surface area (Å²) in [6, 6.07) is 5.62. The van der Waals surface area contributed by atoms with E-state index in [1.807, 2.05) is 4.90 Å². The van der Waals surface area contributed by atoms with Crippen molar-refractivity contribution in [2.45, 2.75) is 31.0 Å². The van der Waals surface area contributed by atoms with Gasteiger partial charge in [0.2, 0.25) is 0 Å². The van der Waals surface area contributed by atoms with Crippen LogP contribution in [0.25, 0.3) is 0 Å². The summed E-state index contributed by atoms with van der Waals surface area (Å²) < 4.78 is 11.9. The highest BCUT2D eigenvalue weighted by molar-refractivity contribution is 5.94. The van der Waals surface area contributed by atoms with E-state index in [1.165, 1.54) is 0 Å². The number of amides is 1. The van der Waals surface area contributed by atoms with Gasteiger partial charge in [-0.15, -0.1) is 0 Å². The molecule has 2 fully saturated rings. The molecule has 7 nitrogen and oxygen atoms in total. The fourth-order valence-electron chi connectivity index (χ4n) is 3.61. The Morgan fingerprint density at radius 1 is 1.24 bits per heavy atom. The van der Waals surface area contributed by atoms with Gasteiger partial charge in [0.25, 0.3) is 5.91 Å². The summed E-state index contributed by atoms with van der Waals surface area (Å²) in [6.45, 7) is 1.83. The van der Waals surface area contributed by atoms with Crippen LogP contribution < -0.4 is 4.74 Å². The van der Waals surface area contributed by atoms with E-state index in [0.29, 0.717) is 24.7 Å². The van der Waals surface area contributed by atoms with Crippen molar-refractivity contribution < 1.29 is 14.3 Å². The quantitative estimate of drug-likeness (QED) is 0.847. The van der Waals surface area contributed by atoms with Crippen molar-refractivity contribution in [1.29, 1.82) is 0 Å². The maximum absolute atomic E-state index is 12.7. The third-order valence-electron chi connectivity index (χ3n) is 4.74. The van der Waals surface area contributed by atoms with Gasteiger partial charge < -0.3 is 14.4 Å². The molecule has 2 atom stereocenters. The highest BCUT2D eigenvalue weighted by atomic mass is 16.6. The molecule has 0 aromatic carbocycles. The van der Waals surface area contributed by atoms with Gasteiger partial charge in [0.15, 0.2) is 0 Å². The van der Waals surface area contributed by atoms with Crippen molar-refractivity contribution in [3.05, 3.63) is 48.5 Å². The molecule has 4 rings (SSSR count). The van der Waals surface area contributed by atoms with E-state index in [4.69, 9.17) is 9.47 Å². The second-order valence-corrected chi connectivity index (χ2v) is 6.54. The number of likely N-dealkylation sites (tertiary alicyclic amines) is 1. The molecule has 1 spiro atoms. The number of ether oxygens (including phenoxy) is 2. The summed E-state index contributed by atoms with van der Waals surface area (Å²) in [5.41, 5.74) is 0.330. The van der Waals surface area contributed by atoms with E-state index in [1.54, 1.807) is 43.0 Å². The molecular formula is C18H20N4O3. The molecule has 2 aromatic rings. The number of carbonyl (C=O) groups excluding carboxylic acids is 1. The molecule has 0 N–H and O–H groups in total. The second kappa shape index (κ2) is 6.76. The van der Waals surface area contributed by atoms with Gasteiger partial charge in [0, 0.05) is 43.3 Å². The Labute approximate surface area is 146 Å². The number of rotatable bonds is 3. The van der Waals surface area contributed by atoms with Crippen molar-refractivity contribution in [2.75, 3.05) is 19.7 Å². The zero-order valence-corrected chi connectivity index (χ0v) is 13.9. The minimum Gasteiger partial charge on any atom is -0.458 e. The molecule has 0 aliphatic carbocycles. The van der Waals surface area contributed by atoms with Gasteiger partial charge in [-0.25, -0.2) is 9.97 Å². The van der Waals surface area contributed by atoms with Crippen LogP contribution in [0, 0.1) is 0 Å². The highest BCUT2D eigenvalue weighted by Gasteiger charge is 2.45. The Balaban J connectivity index is 1.42. The first-order valence-corrected chi connectivity index (χ1v) is 8.51. The predicted octanol–water partition coefficient (Wildman–Crippen LogP) is 1.71. The van der Waals surface area contributed by atoms with Crippen molar-refractivity contribution in [1.82, 2.24) is 19.9 Å². The van der Waals surface area contributed by atoms with Crippen molar-refractivity contribution in [3.63, 3.8) is 0 Å². The van der Waals surface area contributed by atoms with Gasteiger partial charge in [-0.05, 0) is 31.0 Å². The summed E-state index contributed by atoms with van der Waals surface area (Å²) in [7, 11) is 0. The second-order valence-electron chi connectivity index (χ2n) is 6.54. The molecular weight excluding hydrogens is 320 g/mol. The van der Waals surface area contributed by atoms with E-state index in [0.717, 1.165) is 25.8 Å². The summed E-state index contributed by atoms with van der Waals surface area (Å²) >= 11 is 0. The highest BCUT2D eigenvalue weighted by Crippen LogP contribution is 2.36. The lowest BCUT2D eigenvalue weighted by molar-refractivity contribution is -0.0453. The van der Waals surface area contributed by atoms with Crippen LogP contribution >= 0.6 is 0 Å². The summed E-state index contributed by atoms with van der Waals surface area (Å²) in [6.07, 6.45) is 9.11. The minimum atomic E-state index is -0.333. The zero-order chi connectivity index (χ0) is 17.1. The maximum Gasteiger partial charge on any atom is 0.316 e. The van der Waals surface area contributed by atoms with Gasteiger partial charge in [-0.2, -0.15) is 0 Å². The van der Waals surface area contributed by atoms with E-state index < -0.39 is 0 Å². The molecule has 0 radical (unpaired) electrons. The Kier molecular flexibility index (Phi) is 4.31. The number of pyridine rings is 1. The maximum atomic E-state index is 12.7. The van der Waals surface area contributed by atoms with Crippen LogP contribution in [0.4, 0.5) is 0 Å². The molecule has 0 saturated carbocycles. The topological polar surface area (TPSA) is 77.4 Å². The zero-order valence-electron chi connectivity index (χ0n) is 13.9. The van der Waals surface area contributed by atoms with E-state index in [-0.39, 0.29) is 17.6 Å². The van der Waals surface area contributed by atoms with Gasteiger partial charge in [0.05, 0.1) is 18.8 Å². The van der Waals surface area contributed by atoms with Crippen molar-refractivity contribution in [3.8, 4) is 6.01 Å². The Hall–Kier alpha value is -2.54. The number of nitrogens with zero attached hydrogens (tertiary/aromatic N) is 4. The Bertz CT molecular complexity index is 728. The largest absolute Gasteiger partial charge is 0.458 e. The molecule has 2 aliphatic heterocycles. The number of hydrogen-bond acceptors (Lipinski definition) is 6. The molecule has 25 heavy (non-hydrogen) atoms. The molecule has 4 heterocycles. The third-order valence-corrected chi connectivity index (χ3v) is 4.74. The number of piperidine rings is 1. The molecule has 1 amide bonds. The van der Waals surface area contributed by atoms with Gasteiger partial charge in [0.1, 0.15) is 6.10 Å². The first-order chi connectivity index (χ1) is 12.2. The molecule has 7 heteroatoms. The molecule has 130 valence electrons. The van der Waals surface area contributed by atoms with Crippen LogP contribution in [-0.2, 0) is 4.74 Å². The van der Waals surface area contributed by atoms with Crippen LogP contribution in [0.15, 0.2) is 43.0 Å². The van der Waals surface area contributed by atoms with Crippen molar-refractivity contribution >= 4 is 5.91 Å². The summed E-state index contributed by atoms with van der Waals surface area (Å²) in [5.74, 6) is 0.0286.